The molecule has 2 aromatic rings. The molecule has 3 N–H and O–H groups in total. The van der Waals surface area contributed by atoms with E-state index < -0.39 is 12.1 Å². The van der Waals surface area contributed by atoms with Gasteiger partial charge in [-0.2, -0.15) is 4.57 Å². The molecule has 0 spiro atoms. The number of nitrogens with two attached hydrogens (primary N) is 1. The van der Waals surface area contributed by atoms with Gasteiger partial charge < -0.3 is 15.6 Å². The van der Waals surface area contributed by atoms with Crippen molar-refractivity contribution in [2.75, 3.05) is 0 Å². The number of carboxylic acid groups (broad SMARTS) is 1. The Hall–Kier alpha value is -2.89. The topological polar surface area (TPSA) is 93.5 Å². The molecule has 1 aromatic carbocycles. The maximum Gasteiger partial charge on any atom is 0.409 e. The predicted octanol–water partition coefficient (Wildman–Crippen LogP) is 2.36. The fraction of sp³-hybridized carbons (Fsp3) is 0.235. The number of hydrogen-bond donors (Lipinski definition) is 2. The Kier molecular flexibility index (Phi) is 7.85. The van der Waals surface area contributed by atoms with Crippen molar-refractivity contribution in [2.24, 2.45) is 5.73 Å². The molecule has 1 heterocycles. The highest BCUT2D eigenvalue weighted by molar-refractivity contribution is 5.87. The molecule has 0 aliphatic rings. The minimum absolute atomic E-state index is 0.0325. The highest BCUT2D eigenvalue weighted by Crippen LogP contribution is 2.00. The zero-order valence-corrected chi connectivity index (χ0v) is 13.0. The molecule has 0 radical (unpaired) electrons. The predicted molar refractivity (Wildman–Crippen MR) is 84.7 cm³/mol. The number of aryl methyl sites for hydroxylation is 1. The number of carboxylic acids is 1. The number of benzene rings is 1. The van der Waals surface area contributed by atoms with Gasteiger partial charge in [0, 0.05) is 12.1 Å². The van der Waals surface area contributed by atoms with Crippen LogP contribution >= 0.6 is 0 Å². The molecule has 23 heavy (non-hydrogen) atoms. The van der Waals surface area contributed by atoms with Crippen LogP contribution in [0.3, 0.4) is 0 Å². The van der Waals surface area contributed by atoms with E-state index in [1.165, 1.54) is 47.5 Å². The second-order valence-corrected chi connectivity index (χ2v) is 4.73. The lowest BCUT2D eigenvalue weighted by Crippen LogP contribution is -2.36. The largest absolute Gasteiger partial charge is 0.478 e. The van der Waals surface area contributed by atoms with Crippen LogP contribution in [0.15, 0.2) is 54.9 Å². The van der Waals surface area contributed by atoms with Crippen LogP contribution in [0.2, 0.25) is 0 Å². The van der Waals surface area contributed by atoms with Crippen LogP contribution < -0.4 is 10.3 Å². The summed E-state index contributed by atoms with van der Waals surface area (Å²) >= 11 is 0. The lowest BCUT2D eigenvalue weighted by atomic mass is 10.1. The summed E-state index contributed by atoms with van der Waals surface area (Å²) in [4.78, 5) is 20.7. The molecular weight excluding hydrogens is 296 g/mol. The van der Waals surface area contributed by atoms with Gasteiger partial charge >= 0.3 is 12.1 Å². The highest BCUT2D eigenvalue weighted by atomic mass is 16.6. The van der Waals surface area contributed by atoms with Crippen molar-refractivity contribution < 1.29 is 24.0 Å². The number of carbonyl (C=O) groups is 2. The average Bonchev–Trinajstić information content (AvgIpc) is 2.55. The number of primary amides is 1. The van der Waals surface area contributed by atoms with Crippen LogP contribution in [0.4, 0.5) is 4.79 Å². The van der Waals surface area contributed by atoms with E-state index >= 15 is 0 Å². The lowest BCUT2D eigenvalue weighted by Gasteiger charge is -1.97. The maximum atomic E-state index is 10.5. The molecule has 0 aliphatic carbocycles. The Bertz CT molecular complexity index is 612. The highest BCUT2D eigenvalue weighted by Gasteiger charge is 2.06. The third-order valence-electron chi connectivity index (χ3n) is 2.88. The van der Waals surface area contributed by atoms with Gasteiger partial charge in [0.15, 0.2) is 12.4 Å². The van der Waals surface area contributed by atoms with Crippen molar-refractivity contribution in [2.45, 2.75) is 26.5 Å². The van der Waals surface area contributed by atoms with E-state index in [-0.39, 0.29) is 12.3 Å². The van der Waals surface area contributed by atoms with E-state index in [1.54, 1.807) is 0 Å². The number of aromatic nitrogens is 1. The van der Waals surface area contributed by atoms with Crippen LogP contribution in [0.1, 0.15) is 29.3 Å². The van der Waals surface area contributed by atoms with E-state index in [0.29, 0.717) is 0 Å². The summed E-state index contributed by atoms with van der Waals surface area (Å²) in [7, 11) is 0. The molecule has 0 atom stereocenters. The molecule has 0 aliphatic heterocycles. The van der Waals surface area contributed by atoms with E-state index in [9.17, 15) is 9.59 Å². The van der Waals surface area contributed by atoms with E-state index in [2.05, 4.69) is 42.0 Å². The van der Waals surface area contributed by atoms with Gasteiger partial charge in [0.05, 0.1) is 5.56 Å². The van der Waals surface area contributed by atoms with Crippen molar-refractivity contribution in [3.05, 3.63) is 66.0 Å². The Balaban J connectivity index is 0.000000253. The Morgan fingerprint density at radius 3 is 2.22 bits per heavy atom. The molecule has 0 unspecified atom stereocenters. The summed E-state index contributed by atoms with van der Waals surface area (Å²) in [6, 6.07) is 13.4. The van der Waals surface area contributed by atoms with Gasteiger partial charge in [0.2, 0.25) is 0 Å². The second kappa shape index (κ2) is 9.94. The Morgan fingerprint density at radius 1 is 1.13 bits per heavy atom. The van der Waals surface area contributed by atoms with Gasteiger partial charge in [-0.15, -0.1) is 0 Å². The first-order valence-corrected chi connectivity index (χ1v) is 7.21. The average molecular weight is 317 g/mol. The summed E-state index contributed by atoms with van der Waals surface area (Å²) in [5.74, 6) is -1.01. The van der Waals surface area contributed by atoms with Gasteiger partial charge in [0.1, 0.15) is 0 Å². The van der Waals surface area contributed by atoms with Crippen LogP contribution in [0.25, 0.3) is 0 Å². The van der Waals surface area contributed by atoms with E-state index in [0.717, 1.165) is 0 Å². The minimum Gasteiger partial charge on any atom is -0.478 e. The summed E-state index contributed by atoms with van der Waals surface area (Å²) in [5, 5.41) is 8.58. The van der Waals surface area contributed by atoms with Crippen LogP contribution in [0.5, 0.6) is 0 Å². The summed E-state index contributed by atoms with van der Waals surface area (Å²) < 4.78 is 5.97. The summed E-state index contributed by atoms with van der Waals surface area (Å²) in [6.07, 6.45) is 4.53. The van der Waals surface area contributed by atoms with Gasteiger partial charge in [0.25, 0.3) is 6.73 Å². The number of ether oxygens (including phenoxy) is 1. The van der Waals surface area contributed by atoms with Crippen LogP contribution in [0, 0.1) is 0 Å². The Labute approximate surface area is 135 Å². The number of hydrogen-bond acceptors (Lipinski definition) is 3. The van der Waals surface area contributed by atoms with E-state index in [1.807, 2.05) is 0 Å². The number of amides is 1. The first-order chi connectivity index (χ1) is 11.0. The fourth-order valence-corrected chi connectivity index (χ4v) is 1.76. The maximum absolute atomic E-state index is 10.5. The smallest absolute Gasteiger partial charge is 0.409 e. The van der Waals surface area contributed by atoms with Gasteiger partial charge in [-0.3, -0.25) is 0 Å². The number of rotatable bonds is 5. The van der Waals surface area contributed by atoms with E-state index in [4.69, 9.17) is 10.8 Å². The van der Waals surface area contributed by atoms with Crippen LogP contribution in [-0.2, 0) is 17.9 Å². The standard InChI is InChI=1S/C9H12.C8H8N2O4/c1-2-6-9-7-4-3-5-8-9;9-8(13)14-5-10-3-1-6(2-4-10)7(11)12/h3-5,7-8H,2,6H2,1H3;1-4H,5H2,(H2-,9,11,12,13)/p+1. The van der Waals surface area contributed by atoms with Crippen molar-refractivity contribution in [3.63, 3.8) is 0 Å². The quantitative estimate of drug-likeness (QED) is 0.828. The fourth-order valence-electron chi connectivity index (χ4n) is 1.76. The van der Waals surface area contributed by atoms with Gasteiger partial charge in [-0.1, -0.05) is 43.7 Å². The van der Waals surface area contributed by atoms with Crippen molar-refractivity contribution >= 4 is 12.1 Å². The van der Waals surface area contributed by atoms with Crippen molar-refractivity contribution in [1.82, 2.24) is 0 Å². The summed E-state index contributed by atoms with van der Waals surface area (Å²) in [5.41, 5.74) is 6.36. The Morgan fingerprint density at radius 2 is 1.74 bits per heavy atom. The number of nitrogens with zero attached hydrogens (tertiary/aromatic N) is 1. The normalized spacial score (nSPS) is 9.43. The second-order valence-electron chi connectivity index (χ2n) is 4.73. The van der Waals surface area contributed by atoms with Gasteiger partial charge in [-0.05, 0) is 12.0 Å². The van der Waals surface area contributed by atoms with Crippen molar-refractivity contribution in [1.29, 1.82) is 0 Å². The third-order valence-corrected chi connectivity index (χ3v) is 2.88. The summed E-state index contributed by atoms with van der Waals surface area (Å²) in [6.45, 7) is 2.17. The molecular formula is C17H21N2O4+. The molecule has 0 fully saturated rings. The monoisotopic (exact) mass is 317 g/mol. The molecule has 6 nitrogen and oxygen atoms in total. The zero-order valence-electron chi connectivity index (χ0n) is 13.0. The van der Waals surface area contributed by atoms with Gasteiger partial charge in [-0.25, -0.2) is 9.59 Å². The molecule has 2 rings (SSSR count). The number of carbonyl (C=O) groups excluding carboxylic acids is 1. The molecule has 1 amide bonds. The molecule has 0 saturated heterocycles. The zero-order chi connectivity index (χ0) is 17.1. The lowest BCUT2D eigenvalue weighted by molar-refractivity contribution is -0.727. The molecule has 0 bridgehead atoms. The number of aromatic carboxylic acids is 1. The minimum atomic E-state index is -1.01. The third kappa shape index (κ3) is 7.61. The van der Waals surface area contributed by atoms with Crippen LogP contribution in [-0.4, -0.2) is 17.2 Å². The molecule has 1 aromatic heterocycles. The first-order valence-electron chi connectivity index (χ1n) is 7.21. The number of pyridine rings is 1. The first kappa shape index (κ1) is 18.2. The molecule has 0 saturated carbocycles. The van der Waals surface area contributed by atoms with Crippen molar-refractivity contribution in [3.8, 4) is 0 Å². The molecule has 122 valence electrons. The SMILES string of the molecule is CCCc1ccccc1.NC(=O)OC[n+]1ccc(C(=O)O)cc1. The molecule has 6 heteroatoms.